The number of halogens is 1. The van der Waals surface area contributed by atoms with E-state index < -0.39 is 0 Å². The second-order valence-corrected chi connectivity index (χ2v) is 7.63. The predicted molar refractivity (Wildman–Crippen MR) is 94.1 cm³/mol. The topological polar surface area (TPSA) is 64.6 Å². The van der Waals surface area contributed by atoms with Crippen molar-refractivity contribution in [2.75, 3.05) is 20.7 Å². The minimum atomic E-state index is -0.365. The van der Waals surface area contributed by atoms with Gasteiger partial charge in [-0.1, -0.05) is 32.9 Å². The van der Waals surface area contributed by atoms with E-state index >= 15 is 0 Å². The first kappa shape index (κ1) is 20.4. The van der Waals surface area contributed by atoms with E-state index in [2.05, 4.69) is 10.6 Å². The molecule has 1 unspecified atom stereocenters. The average molecular weight is 339 g/mol. The van der Waals surface area contributed by atoms with Crippen LogP contribution in [0.2, 0.25) is 0 Å². The van der Waals surface area contributed by atoms with Crippen molar-refractivity contribution in [3.63, 3.8) is 0 Å². The van der Waals surface area contributed by atoms with Crippen molar-refractivity contribution in [1.29, 1.82) is 0 Å². The van der Waals surface area contributed by atoms with E-state index in [0.29, 0.717) is 24.1 Å². The molecule has 24 heavy (non-hydrogen) atoms. The molecule has 0 bridgehead atoms. The van der Waals surface area contributed by atoms with Crippen LogP contribution in [0.1, 0.15) is 38.3 Å². The maximum Gasteiger partial charge on any atom is 0.315 e. The van der Waals surface area contributed by atoms with Gasteiger partial charge in [0.2, 0.25) is 0 Å². The van der Waals surface area contributed by atoms with E-state index in [-0.39, 0.29) is 36.5 Å². The van der Waals surface area contributed by atoms with Crippen molar-refractivity contribution in [3.05, 3.63) is 35.1 Å². The van der Waals surface area contributed by atoms with Crippen LogP contribution in [0.25, 0.3) is 0 Å². The molecule has 0 heterocycles. The summed E-state index contributed by atoms with van der Waals surface area (Å²) in [6.45, 7) is 6.80. The first-order valence-electron chi connectivity index (χ1n) is 8.18. The summed E-state index contributed by atoms with van der Waals surface area (Å²) < 4.78 is 14.0. The number of aliphatic hydroxyl groups is 1. The molecule has 2 amide bonds. The van der Waals surface area contributed by atoms with Gasteiger partial charge in [0.25, 0.3) is 0 Å². The Morgan fingerprint density at radius 2 is 2.00 bits per heavy atom. The molecule has 0 aromatic heterocycles. The smallest absolute Gasteiger partial charge is 0.315 e. The molecule has 0 aliphatic rings. The van der Waals surface area contributed by atoms with Gasteiger partial charge in [0.1, 0.15) is 5.82 Å². The summed E-state index contributed by atoms with van der Waals surface area (Å²) in [5.74, 6) is -0.274. The third kappa shape index (κ3) is 7.75. The Kier molecular flexibility index (Phi) is 7.63. The highest BCUT2D eigenvalue weighted by Gasteiger charge is 2.19. The number of amides is 2. The maximum absolute atomic E-state index is 14.0. The molecule has 1 aromatic rings. The highest BCUT2D eigenvalue weighted by molar-refractivity contribution is 5.74. The number of nitrogens with one attached hydrogen (secondary N) is 2. The third-order valence-corrected chi connectivity index (χ3v) is 3.47. The van der Waals surface area contributed by atoms with Gasteiger partial charge >= 0.3 is 6.03 Å². The summed E-state index contributed by atoms with van der Waals surface area (Å²) in [5, 5.41) is 14.8. The van der Waals surface area contributed by atoms with Crippen LogP contribution in [-0.2, 0) is 13.1 Å². The fraction of sp³-hybridized carbons (Fsp3) is 0.611. The summed E-state index contributed by atoms with van der Waals surface area (Å²) in [6, 6.07) is 4.32. The number of hydrogen-bond donors (Lipinski definition) is 3. The lowest BCUT2D eigenvalue weighted by Crippen LogP contribution is -2.45. The summed E-state index contributed by atoms with van der Waals surface area (Å²) in [6.07, 6.45) is 0.671. The Hall–Kier alpha value is -1.66. The summed E-state index contributed by atoms with van der Waals surface area (Å²) >= 11 is 0. The van der Waals surface area contributed by atoms with E-state index in [0.717, 1.165) is 0 Å². The fourth-order valence-corrected chi connectivity index (χ4v) is 2.49. The van der Waals surface area contributed by atoms with Crippen LogP contribution >= 0.6 is 0 Å². The van der Waals surface area contributed by atoms with Crippen molar-refractivity contribution in [2.45, 2.75) is 46.3 Å². The van der Waals surface area contributed by atoms with Gasteiger partial charge in [0.15, 0.2) is 0 Å². The molecule has 0 saturated carbocycles. The second kappa shape index (κ2) is 8.99. The fourth-order valence-electron chi connectivity index (χ4n) is 2.49. The SMILES string of the molecule is CN(C)Cc1ccc(CNC(=O)NC(CO)CC(C)(C)C)cc1F. The zero-order valence-electron chi connectivity index (χ0n) is 15.3. The quantitative estimate of drug-likeness (QED) is 0.715. The summed E-state index contributed by atoms with van der Waals surface area (Å²) in [5.41, 5.74) is 1.33. The van der Waals surface area contributed by atoms with Gasteiger partial charge in [-0.25, -0.2) is 9.18 Å². The number of nitrogens with zero attached hydrogens (tertiary/aromatic N) is 1. The molecule has 0 radical (unpaired) electrons. The summed E-state index contributed by atoms with van der Waals surface area (Å²) in [4.78, 5) is 13.8. The van der Waals surface area contributed by atoms with Gasteiger partial charge in [0, 0.05) is 18.7 Å². The molecular weight excluding hydrogens is 309 g/mol. The minimum absolute atomic E-state index is 0.00603. The molecule has 1 rings (SSSR count). The van der Waals surface area contributed by atoms with Crippen molar-refractivity contribution < 1.29 is 14.3 Å². The maximum atomic E-state index is 14.0. The van der Waals surface area contributed by atoms with Gasteiger partial charge in [-0.3, -0.25) is 0 Å². The van der Waals surface area contributed by atoms with E-state index in [1.165, 1.54) is 6.07 Å². The largest absolute Gasteiger partial charge is 0.394 e. The molecular formula is C18H30FN3O2. The van der Waals surface area contributed by atoms with Crippen LogP contribution in [0.5, 0.6) is 0 Å². The van der Waals surface area contributed by atoms with E-state index in [1.807, 2.05) is 39.8 Å². The molecule has 5 nitrogen and oxygen atoms in total. The van der Waals surface area contributed by atoms with Crippen molar-refractivity contribution in [3.8, 4) is 0 Å². The van der Waals surface area contributed by atoms with Crippen LogP contribution < -0.4 is 10.6 Å². The number of urea groups is 1. The van der Waals surface area contributed by atoms with Crippen LogP contribution in [0.3, 0.4) is 0 Å². The molecule has 0 spiro atoms. The highest BCUT2D eigenvalue weighted by Crippen LogP contribution is 2.20. The molecule has 6 heteroatoms. The van der Waals surface area contributed by atoms with Crippen LogP contribution in [0.15, 0.2) is 18.2 Å². The zero-order valence-corrected chi connectivity index (χ0v) is 15.3. The Morgan fingerprint density at radius 1 is 1.33 bits per heavy atom. The van der Waals surface area contributed by atoms with Gasteiger partial charge in [-0.2, -0.15) is 0 Å². The standard InChI is InChI=1S/C18H30FN3O2/c1-18(2,3)9-15(12-23)21-17(24)20-10-13-6-7-14(11-22(4)5)16(19)8-13/h6-8,15,23H,9-12H2,1-5H3,(H2,20,21,24). The van der Waals surface area contributed by atoms with Gasteiger partial charge in [0.05, 0.1) is 12.6 Å². The average Bonchev–Trinajstić information content (AvgIpc) is 2.45. The van der Waals surface area contributed by atoms with E-state index in [9.17, 15) is 14.3 Å². The lowest BCUT2D eigenvalue weighted by molar-refractivity contribution is 0.190. The number of aliphatic hydroxyl groups excluding tert-OH is 1. The minimum Gasteiger partial charge on any atom is -0.394 e. The Labute approximate surface area is 144 Å². The first-order chi connectivity index (χ1) is 11.1. The lowest BCUT2D eigenvalue weighted by atomic mass is 9.88. The normalized spacial score (nSPS) is 13.0. The highest BCUT2D eigenvalue weighted by atomic mass is 19.1. The third-order valence-electron chi connectivity index (χ3n) is 3.47. The molecule has 3 N–H and O–H groups in total. The number of carbonyl (C=O) groups is 1. The van der Waals surface area contributed by atoms with Crippen LogP contribution in [0, 0.1) is 11.2 Å². The number of benzene rings is 1. The van der Waals surface area contributed by atoms with Crippen LogP contribution in [0.4, 0.5) is 9.18 Å². The molecule has 0 fully saturated rings. The number of carbonyl (C=O) groups excluding carboxylic acids is 1. The lowest BCUT2D eigenvalue weighted by Gasteiger charge is -2.25. The Morgan fingerprint density at radius 3 is 2.50 bits per heavy atom. The van der Waals surface area contributed by atoms with E-state index in [1.54, 1.807) is 12.1 Å². The number of hydrogen-bond acceptors (Lipinski definition) is 3. The zero-order chi connectivity index (χ0) is 18.3. The molecule has 1 atom stereocenters. The predicted octanol–water partition coefficient (Wildman–Crippen LogP) is 2.48. The molecule has 0 aliphatic carbocycles. The van der Waals surface area contributed by atoms with Gasteiger partial charge in [-0.15, -0.1) is 0 Å². The van der Waals surface area contributed by atoms with E-state index in [4.69, 9.17) is 0 Å². The molecule has 1 aromatic carbocycles. The van der Waals surface area contributed by atoms with Crippen molar-refractivity contribution >= 4 is 6.03 Å². The number of rotatable bonds is 7. The van der Waals surface area contributed by atoms with Gasteiger partial charge in [-0.05, 0) is 37.6 Å². The Balaban J connectivity index is 2.53. The second-order valence-electron chi connectivity index (χ2n) is 7.63. The molecule has 136 valence electrons. The van der Waals surface area contributed by atoms with Crippen LogP contribution in [-0.4, -0.2) is 42.8 Å². The van der Waals surface area contributed by atoms with Crippen molar-refractivity contribution in [2.24, 2.45) is 5.41 Å². The molecule has 0 saturated heterocycles. The van der Waals surface area contributed by atoms with Gasteiger partial charge < -0.3 is 20.6 Å². The molecule has 0 aliphatic heterocycles. The van der Waals surface area contributed by atoms with Crippen molar-refractivity contribution in [1.82, 2.24) is 15.5 Å². The summed E-state index contributed by atoms with van der Waals surface area (Å²) in [7, 11) is 3.77. The monoisotopic (exact) mass is 339 g/mol. The first-order valence-corrected chi connectivity index (χ1v) is 8.18. The Bertz CT molecular complexity index is 542.